The van der Waals surface area contributed by atoms with Crippen molar-refractivity contribution in [3.05, 3.63) is 47.6 Å². The molecule has 2 atom stereocenters. The monoisotopic (exact) mass is 409 g/mol. The van der Waals surface area contributed by atoms with Crippen LogP contribution in [0, 0.1) is 0 Å². The van der Waals surface area contributed by atoms with E-state index in [1.807, 2.05) is 35.8 Å². The minimum atomic E-state index is -0.589. The van der Waals surface area contributed by atoms with Crippen LogP contribution in [-0.2, 0) is 0 Å². The van der Waals surface area contributed by atoms with E-state index in [0.717, 1.165) is 42.5 Å². The second-order valence-corrected chi connectivity index (χ2v) is 7.79. The predicted octanol–water partition coefficient (Wildman–Crippen LogP) is 3.12. The minimum Gasteiger partial charge on any atom is -0.365 e. The fourth-order valence-corrected chi connectivity index (χ4v) is 4.01. The summed E-state index contributed by atoms with van der Waals surface area (Å²) in [6.45, 7) is 0. The minimum absolute atomic E-state index is 0.0683. The number of nitrogens with one attached hydrogen (secondary N) is 2. The van der Waals surface area contributed by atoms with Crippen LogP contribution < -0.4 is 22.1 Å². The van der Waals surface area contributed by atoms with Gasteiger partial charge in [0.15, 0.2) is 0 Å². The average molecular weight is 410 g/mol. The third-order valence-electron chi connectivity index (χ3n) is 5.10. The molecule has 150 valence electrons. The molecule has 1 fully saturated rings. The van der Waals surface area contributed by atoms with Gasteiger partial charge in [-0.05, 0) is 42.1 Å². The molecule has 2 unspecified atom stereocenters. The highest BCUT2D eigenvalue weighted by Crippen LogP contribution is 2.26. The maximum atomic E-state index is 11.8. The van der Waals surface area contributed by atoms with Crippen LogP contribution in [0.15, 0.2) is 42.0 Å². The zero-order valence-corrected chi connectivity index (χ0v) is 16.7. The molecule has 1 amide bonds. The molecule has 2 heterocycles. The lowest BCUT2D eigenvalue weighted by atomic mass is 9.91. The summed E-state index contributed by atoms with van der Waals surface area (Å²) in [7, 11) is 0. The van der Waals surface area contributed by atoms with Crippen LogP contribution in [-0.4, -0.2) is 32.3 Å². The summed E-state index contributed by atoms with van der Waals surface area (Å²) in [4.78, 5) is 20.6. The van der Waals surface area contributed by atoms with Crippen molar-refractivity contribution >= 4 is 34.9 Å². The number of aromatic nitrogens is 3. The Balaban J connectivity index is 1.55. The van der Waals surface area contributed by atoms with Gasteiger partial charge in [-0.3, -0.25) is 4.79 Å². The normalized spacial score (nSPS) is 18.9. The SMILES string of the molecule is NC(=O)c1cnc(NC2CCCCC2N)nc1Nc1ccc(-c2cnsc2)cc1. The van der Waals surface area contributed by atoms with Crippen LogP contribution in [0.5, 0.6) is 0 Å². The molecule has 1 aromatic carbocycles. The van der Waals surface area contributed by atoms with Crippen LogP contribution in [0.2, 0.25) is 0 Å². The van der Waals surface area contributed by atoms with Crippen molar-refractivity contribution in [2.45, 2.75) is 37.8 Å². The van der Waals surface area contributed by atoms with Gasteiger partial charge in [0.25, 0.3) is 5.91 Å². The number of primary amides is 1. The van der Waals surface area contributed by atoms with Gasteiger partial charge in [0.05, 0.1) is 0 Å². The zero-order chi connectivity index (χ0) is 20.2. The second kappa shape index (κ2) is 8.54. The van der Waals surface area contributed by atoms with Crippen LogP contribution in [0.25, 0.3) is 11.1 Å². The van der Waals surface area contributed by atoms with Gasteiger partial charge in [-0.1, -0.05) is 25.0 Å². The number of anilines is 3. The molecule has 0 bridgehead atoms. The highest BCUT2D eigenvalue weighted by Gasteiger charge is 2.23. The fraction of sp³-hybridized carbons (Fsp3) is 0.300. The Kier molecular flexibility index (Phi) is 5.68. The van der Waals surface area contributed by atoms with Gasteiger partial charge in [-0.2, -0.15) is 4.98 Å². The molecular weight excluding hydrogens is 386 g/mol. The first-order valence-corrected chi connectivity index (χ1v) is 10.4. The summed E-state index contributed by atoms with van der Waals surface area (Å²) in [5, 5.41) is 8.48. The highest BCUT2D eigenvalue weighted by atomic mass is 32.1. The molecule has 1 aliphatic rings. The van der Waals surface area contributed by atoms with E-state index in [2.05, 4.69) is 25.0 Å². The van der Waals surface area contributed by atoms with Gasteiger partial charge in [0.2, 0.25) is 5.95 Å². The van der Waals surface area contributed by atoms with Crippen molar-refractivity contribution in [2.24, 2.45) is 11.5 Å². The Morgan fingerprint density at radius 1 is 1.10 bits per heavy atom. The Morgan fingerprint density at radius 2 is 1.90 bits per heavy atom. The number of nitrogens with zero attached hydrogens (tertiary/aromatic N) is 3. The smallest absolute Gasteiger partial charge is 0.254 e. The third-order valence-corrected chi connectivity index (χ3v) is 5.69. The van der Waals surface area contributed by atoms with Crippen molar-refractivity contribution in [3.8, 4) is 11.1 Å². The van der Waals surface area contributed by atoms with Gasteiger partial charge in [-0.25, -0.2) is 9.36 Å². The van der Waals surface area contributed by atoms with Gasteiger partial charge in [-0.15, -0.1) is 0 Å². The molecule has 4 rings (SSSR count). The molecule has 9 heteroatoms. The van der Waals surface area contributed by atoms with Gasteiger partial charge in [0.1, 0.15) is 11.4 Å². The average Bonchev–Trinajstić information content (AvgIpc) is 3.25. The molecule has 0 spiro atoms. The lowest BCUT2D eigenvalue weighted by molar-refractivity contribution is 0.100. The van der Waals surface area contributed by atoms with Crippen molar-refractivity contribution in [2.75, 3.05) is 10.6 Å². The molecular formula is C20H23N7OS. The Morgan fingerprint density at radius 3 is 2.59 bits per heavy atom. The zero-order valence-electron chi connectivity index (χ0n) is 15.8. The highest BCUT2D eigenvalue weighted by molar-refractivity contribution is 7.03. The van der Waals surface area contributed by atoms with Gasteiger partial charge in [0, 0.05) is 41.1 Å². The van der Waals surface area contributed by atoms with Crippen LogP contribution in [0.3, 0.4) is 0 Å². The lowest BCUT2D eigenvalue weighted by Crippen LogP contribution is -2.43. The molecule has 3 aromatic rings. The number of carbonyl (C=O) groups excluding carboxylic acids is 1. The van der Waals surface area contributed by atoms with E-state index in [0.29, 0.717) is 11.8 Å². The first-order valence-electron chi connectivity index (χ1n) is 9.56. The van der Waals surface area contributed by atoms with Crippen molar-refractivity contribution in [3.63, 3.8) is 0 Å². The predicted molar refractivity (Wildman–Crippen MR) is 115 cm³/mol. The van der Waals surface area contributed by atoms with Crippen LogP contribution >= 0.6 is 11.5 Å². The summed E-state index contributed by atoms with van der Waals surface area (Å²) in [6, 6.07) is 8.00. The Bertz CT molecular complexity index is 975. The Labute approximate surface area is 172 Å². The van der Waals surface area contributed by atoms with Crippen LogP contribution in [0.1, 0.15) is 36.0 Å². The molecule has 0 radical (unpaired) electrons. The lowest BCUT2D eigenvalue weighted by Gasteiger charge is -2.29. The summed E-state index contributed by atoms with van der Waals surface area (Å²) < 4.78 is 4.12. The largest absolute Gasteiger partial charge is 0.365 e. The quantitative estimate of drug-likeness (QED) is 0.492. The molecule has 1 aliphatic carbocycles. The summed E-state index contributed by atoms with van der Waals surface area (Å²) in [5.74, 6) is 0.208. The van der Waals surface area contributed by atoms with E-state index in [1.54, 1.807) is 0 Å². The first-order chi connectivity index (χ1) is 14.1. The topological polar surface area (TPSA) is 132 Å². The maximum absolute atomic E-state index is 11.8. The summed E-state index contributed by atoms with van der Waals surface area (Å²) >= 11 is 1.41. The number of rotatable bonds is 6. The number of hydrogen-bond donors (Lipinski definition) is 4. The Hall–Kier alpha value is -3.04. The third kappa shape index (κ3) is 4.52. The summed E-state index contributed by atoms with van der Waals surface area (Å²) in [6.07, 6.45) is 7.50. The van der Waals surface area contributed by atoms with E-state index in [4.69, 9.17) is 11.5 Å². The summed E-state index contributed by atoms with van der Waals surface area (Å²) in [5.41, 5.74) is 14.9. The fourth-order valence-electron chi connectivity index (χ4n) is 3.46. The van der Waals surface area contributed by atoms with E-state index in [-0.39, 0.29) is 17.6 Å². The number of benzene rings is 1. The van der Waals surface area contributed by atoms with E-state index in [9.17, 15) is 4.79 Å². The number of amides is 1. The molecule has 1 saturated carbocycles. The van der Waals surface area contributed by atoms with Crippen molar-refractivity contribution in [1.82, 2.24) is 14.3 Å². The van der Waals surface area contributed by atoms with Crippen molar-refractivity contribution in [1.29, 1.82) is 0 Å². The molecule has 2 aromatic heterocycles. The van der Waals surface area contributed by atoms with E-state index >= 15 is 0 Å². The molecule has 8 nitrogen and oxygen atoms in total. The van der Waals surface area contributed by atoms with Gasteiger partial charge < -0.3 is 22.1 Å². The van der Waals surface area contributed by atoms with Gasteiger partial charge >= 0.3 is 0 Å². The molecule has 29 heavy (non-hydrogen) atoms. The number of nitrogens with two attached hydrogens (primary N) is 2. The maximum Gasteiger partial charge on any atom is 0.254 e. The molecule has 0 saturated heterocycles. The first kappa shape index (κ1) is 19.3. The standard InChI is InChI=1S/C20H23N7OS/c21-16-3-1-2-4-17(16)26-20-23-10-15(18(22)28)19(27-20)25-14-7-5-12(6-8-14)13-9-24-29-11-13/h5-11,16-17H,1-4,21H2,(H2,22,28)(H2,23,25,26,27). The second-order valence-electron chi connectivity index (χ2n) is 7.13. The number of carbonyl (C=O) groups is 1. The molecule has 6 N–H and O–H groups in total. The number of hydrogen-bond acceptors (Lipinski definition) is 8. The van der Waals surface area contributed by atoms with E-state index in [1.165, 1.54) is 17.7 Å². The van der Waals surface area contributed by atoms with E-state index < -0.39 is 5.91 Å². The van der Waals surface area contributed by atoms with Crippen LogP contribution in [0.4, 0.5) is 17.5 Å². The van der Waals surface area contributed by atoms with Crippen molar-refractivity contribution < 1.29 is 4.79 Å². The molecule has 0 aliphatic heterocycles.